The highest BCUT2D eigenvalue weighted by atomic mass is 32.2. The number of carboxylic acid groups (broad SMARTS) is 1. The van der Waals surface area contributed by atoms with Crippen molar-refractivity contribution < 1.29 is 24.6 Å². The number of amides is 2. The summed E-state index contributed by atoms with van der Waals surface area (Å²) in [4.78, 5) is 43.1. The van der Waals surface area contributed by atoms with Crippen LogP contribution in [-0.4, -0.2) is 105 Å². The van der Waals surface area contributed by atoms with Gasteiger partial charge in [-0.1, -0.05) is 6.92 Å². The zero-order valence-electron chi connectivity index (χ0n) is 18.9. The highest BCUT2D eigenvalue weighted by Gasteiger charge is 2.60. The Labute approximate surface area is 196 Å². The van der Waals surface area contributed by atoms with Crippen LogP contribution in [0.3, 0.4) is 0 Å². The first kappa shape index (κ1) is 23.8. The molecular weight excluding hydrogens is 448 g/mol. The number of carboxylic acids is 1. The predicted molar refractivity (Wildman–Crippen MR) is 122 cm³/mol. The van der Waals surface area contributed by atoms with E-state index in [-0.39, 0.29) is 46.7 Å². The third-order valence-electron chi connectivity index (χ3n) is 7.14. The monoisotopic (exact) mass is 480 g/mol. The van der Waals surface area contributed by atoms with E-state index in [1.165, 1.54) is 16.7 Å². The number of thioether (sulfide) groups is 1. The summed E-state index contributed by atoms with van der Waals surface area (Å²) in [6.45, 7) is 6.35. The molecule has 3 fully saturated rings. The van der Waals surface area contributed by atoms with Crippen molar-refractivity contribution >= 4 is 35.5 Å². The molecule has 6 atom stereocenters. The van der Waals surface area contributed by atoms with Crippen LogP contribution in [0.2, 0.25) is 0 Å². The highest BCUT2D eigenvalue weighted by Crippen LogP contribution is 2.51. The Balaban J connectivity index is 1.41. The largest absolute Gasteiger partial charge is 0.477 e. The van der Waals surface area contributed by atoms with Crippen LogP contribution in [0.1, 0.15) is 26.7 Å². The van der Waals surface area contributed by atoms with Gasteiger partial charge in [-0.15, -0.1) is 11.8 Å². The van der Waals surface area contributed by atoms with Crippen LogP contribution in [0.4, 0.5) is 0 Å². The molecule has 0 spiro atoms. The molecule has 182 valence electrons. The number of aliphatic hydroxyl groups excluding tert-OH is 1. The Morgan fingerprint density at radius 2 is 1.91 bits per heavy atom. The minimum absolute atomic E-state index is 0.00486. The summed E-state index contributed by atoms with van der Waals surface area (Å²) in [5.41, 5.74) is 5.60. The van der Waals surface area contributed by atoms with Crippen molar-refractivity contribution in [2.45, 2.75) is 50.1 Å². The molecule has 0 bridgehead atoms. The second kappa shape index (κ2) is 9.15. The van der Waals surface area contributed by atoms with Gasteiger partial charge < -0.3 is 36.0 Å². The van der Waals surface area contributed by atoms with Gasteiger partial charge in [0.15, 0.2) is 5.96 Å². The molecule has 4 aliphatic rings. The fourth-order valence-electron chi connectivity index (χ4n) is 5.44. The number of carbonyl (C=O) groups is 3. The molecule has 33 heavy (non-hydrogen) atoms. The summed E-state index contributed by atoms with van der Waals surface area (Å²) in [7, 11) is 0. The average Bonchev–Trinajstić information content (AvgIpc) is 3.18. The number of fused-ring (bicyclic) bond motifs is 1. The van der Waals surface area contributed by atoms with E-state index in [1.54, 1.807) is 11.8 Å². The van der Waals surface area contributed by atoms with Crippen LogP contribution in [-0.2, 0) is 14.4 Å². The number of rotatable bonds is 5. The van der Waals surface area contributed by atoms with Crippen molar-refractivity contribution in [3.8, 4) is 0 Å². The standard InChI is InChI=1S/C21H32N6O5S/c1-10-15-14(11(2)28)19(30)27(15)16(20(31)32)17(10)33-12-8-13(24-9-12)18(29)25-4-3-5-26(7-6-25)21(22)23/h10-15,24,28H,3-9H2,1-2H3,(H3,22,23)(H,31,32)/t10?,11?,12?,13?,14?,15-/m1/s1. The van der Waals surface area contributed by atoms with Gasteiger partial charge in [-0.25, -0.2) is 4.79 Å². The molecule has 4 rings (SSSR count). The van der Waals surface area contributed by atoms with Crippen molar-refractivity contribution in [1.82, 2.24) is 20.0 Å². The van der Waals surface area contributed by atoms with E-state index in [4.69, 9.17) is 11.1 Å². The number of nitrogens with one attached hydrogen (secondary N) is 2. The van der Waals surface area contributed by atoms with Gasteiger partial charge in [0.1, 0.15) is 5.70 Å². The lowest BCUT2D eigenvalue weighted by Gasteiger charge is -2.46. The zero-order valence-corrected chi connectivity index (χ0v) is 19.7. The maximum absolute atomic E-state index is 13.1. The first-order valence-electron chi connectivity index (χ1n) is 11.4. The number of nitrogens with two attached hydrogens (primary N) is 1. The van der Waals surface area contributed by atoms with Gasteiger partial charge in [0.05, 0.1) is 24.1 Å². The molecule has 0 radical (unpaired) electrons. The quantitative estimate of drug-likeness (QED) is 0.189. The zero-order chi connectivity index (χ0) is 24.0. The Kier molecular flexibility index (Phi) is 6.61. The number of guanidine groups is 1. The number of β-lactam (4-membered cyclic amide) rings is 1. The first-order valence-corrected chi connectivity index (χ1v) is 12.3. The van der Waals surface area contributed by atoms with Crippen LogP contribution in [0.15, 0.2) is 10.6 Å². The Morgan fingerprint density at radius 3 is 2.55 bits per heavy atom. The summed E-state index contributed by atoms with van der Waals surface area (Å²) in [6, 6.07) is -0.681. The van der Waals surface area contributed by atoms with E-state index >= 15 is 0 Å². The number of aliphatic carboxylic acids is 1. The maximum Gasteiger partial charge on any atom is 0.353 e. The fourth-order valence-corrected chi connectivity index (χ4v) is 6.92. The third kappa shape index (κ3) is 4.19. The molecule has 4 aliphatic heterocycles. The second-order valence-corrected chi connectivity index (χ2v) is 10.6. The Morgan fingerprint density at radius 1 is 1.24 bits per heavy atom. The van der Waals surface area contributed by atoms with Crippen LogP contribution in [0.5, 0.6) is 0 Å². The van der Waals surface area contributed by atoms with Crippen molar-refractivity contribution in [3.63, 3.8) is 0 Å². The van der Waals surface area contributed by atoms with Crippen molar-refractivity contribution in [2.75, 3.05) is 32.7 Å². The van der Waals surface area contributed by atoms with Gasteiger partial charge in [0, 0.05) is 48.8 Å². The number of hydrogen-bond donors (Lipinski definition) is 5. The first-order chi connectivity index (χ1) is 15.6. The average molecular weight is 481 g/mol. The molecule has 5 unspecified atom stereocenters. The molecule has 0 aliphatic carbocycles. The SMILES string of the molecule is CC(O)C1C(=O)N2C(C(=O)O)=C(SC3CNC(C(=O)N4CCCN(C(=N)N)CC4)C3)C(C)[C@H]12. The molecule has 0 aromatic heterocycles. The van der Waals surface area contributed by atoms with E-state index in [0.29, 0.717) is 44.0 Å². The number of hydrogen-bond acceptors (Lipinski definition) is 7. The summed E-state index contributed by atoms with van der Waals surface area (Å²) >= 11 is 1.44. The van der Waals surface area contributed by atoms with E-state index in [2.05, 4.69) is 5.32 Å². The summed E-state index contributed by atoms with van der Waals surface area (Å²) in [5.74, 6) is -2.20. The molecule has 3 saturated heterocycles. The van der Waals surface area contributed by atoms with Gasteiger partial charge >= 0.3 is 5.97 Å². The topological polar surface area (TPSA) is 163 Å². The number of nitrogens with zero attached hydrogens (tertiary/aromatic N) is 3. The Hall–Kier alpha value is -2.31. The van der Waals surface area contributed by atoms with Gasteiger partial charge in [-0.3, -0.25) is 15.0 Å². The smallest absolute Gasteiger partial charge is 0.353 e. The molecule has 0 aromatic carbocycles. The van der Waals surface area contributed by atoms with Gasteiger partial charge in [-0.2, -0.15) is 0 Å². The number of carbonyl (C=O) groups excluding carboxylic acids is 2. The van der Waals surface area contributed by atoms with Crippen molar-refractivity contribution in [3.05, 3.63) is 10.6 Å². The van der Waals surface area contributed by atoms with Crippen LogP contribution in [0, 0.1) is 17.2 Å². The lowest BCUT2D eigenvalue weighted by atomic mass is 9.79. The molecule has 0 aromatic rings. The van der Waals surface area contributed by atoms with E-state index in [9.17, 15) is 24.6 Å². The van der Waals surface area contributed by atoms with Crippen LogP contribution in [0.25, 0.3) is 0 Å². The molecule has 12 heteroatoms. The molecule has 2 amide bonds. The van der Waals surface area contributed by atoms with Crippen molar-refractivity contribution in [1.29, 1.82) is 5.41 Å². The molecule has 4 heterocycles. The normalized spacial score (nSPS) is 33.0. The minimum atomic E-state index is -1.14. The van der Waals surface area contributed by atoms with E-state index in [0.717, 1.165) is 6.42 Å². The molecule has 0 saturated carbocycles. The number of aliphatic hydroxyl groups is 1. The van der Waals surface area contributed by atoms with Crippen molar-refractivity contribution in [2.24, 2.45) is 17.6 Å². The Bertz CT molecular complexity index is 894. The molecular formula is C21H32N6O5S. The van der Waals surface area contributed by atoms with E-state index < -0.39 is 18.0 Å². The predicted octanol–water partition coefficient (Wildman–Crippen LogP) is -0.968. The fraction of sp³-hybridized carbons (Fsp3) is 0.714. The molecule has 6 N–H and O–H groups in total. The highest BCUT2D eigenvalue weighted by molar-refractivity contribution is 8.03. The maximum atomic E-state index is 13.1. The lowest BCUT2D eigenvalue weighted by Crippen LogP contribution is -2.63. The van der Waals surface area contributed by atoms with E-state index in [1.807, 2.05) is 11.8 Å². The summed E-state index contributed by atoms with van der Waals surface area (Å²) in [5, 5.41) is 30.7. The third-order valence-corrected chi connectivity index (χ3v) is 8.65. The van der Waals surface area contributed by atoms with Gasteiger partial charge in [-0.05, 0) is 19.8 Å². The van der Waals surface area contributed by atoms with Gasteiger partial charge in [0.25, 0.3) is 0 Å². The summed E-state index contributed by atoms with van der Waals surface area (Å²) in [6.07, 6.45) is 0.485. The molecule has 11 nitrogen and oxygen atoms in total. The summed E-state index contributed by atoms with van der Waals surface area (Å²) < 4.78 is 0. The van der Waals surface area contributed by atoms with Crippen LogP contribution < -0.4 is 11.1 Å². The minimum Gasteiger partial charge on any atom is -0.477 e. The second-order valence-electron chi connectivity index (χ2n) is 9.26. The van der Waals surface area contributed by atoms with Gasteiger partial charge in [0.2, 0.25) is 11.8 Å². The van der Waals surface area contributed by atoms with Crippen LogP contribution >= 0.6 is 11.8 Å². The lowest BCUT2D eigenvalue weighted by molar-refractivity contribution is -0.163.